The molecule has 3 aromatic rings. The van der Waals surface area contributed by atoms with E-state index in [1.54, 1.807) is 24.3 Å². The molecule has 0 saturated heterocycles. The number of ether oxygens (including phenoxy) is 2. The molecule has 0 unspecified atom stereocenters. The van der Waals surface area contributed by atoms with Crippen molar-refractivity contribution >= 4 is 22.6 Å². The summed E-state index contributed by atoms with van der Waals surface area (Å²) >= 11 is 1.84. The lowest BCUT2D eigenvalue weighted by molar-refractivity contribution is 0.403. The Morgan fingerprint density at radius 1 is 0.652 bits per heavy atom. The summed E-state index contributed by atoms with van der Waals surface area (Å²) in [6, 6.07) is 18.2. The average molecular weight is 424 g/mol. The molecule has 0 aliphatic carbocycles. The standard InChI is InChI=1S/C18H11F2IO2/c19-16-9-12(21)10-17(20)18(16)23-15-8-4-7-14(11-15)22-13-5-2-1-3-6-13/h1-11H. The maximum atomic E-state index is 13.8. The van der Waals surface area contributed by atoms with Crippen molar-refractivity contribution in [1.29, 1.82) is 0 Å². The van der Waals surface area contributed by atoms with Crippen LogP contribution < -0.4 is 9.47 Å². The third kappa shape index (κ3) is 3.98. The first-order valence-electron chi connectivity index (χ1n) is 6.77. The van der Waals surface area contributed by atoms with E-state index in [-0.39, 0.29) is 5.75 Å². The van der Waals surface area contributed by atoms with Gasteiger partial charge in [-0.2, -0.15) is 0 Å². The smallest absolute Gasteiger partial charge is 0.198 e. The molecule has 0 aliphatic rings. The zero-order chi connectivity index (χ0) is 16.2. The molecule has 0 aliphatic heterocycles. The van der Waals surface area contributed by atoms with Gasteiger partial charge in [-0.15, -0.1) is 0 Å². The molecule has 116 valence electrons. The molecule has 5 heteroatoms. The van der Waals surface area contributed by atoms with E-state index in [0.717, 1.165) is 0 Å². The first-order valence-corrected chi connectivity index (χ1v) is 7.85. The molecule has 2 nitrogen and oxygen atoms in total. The largest absolute Gasteiger partial charge is 0.457 e. The van der Waals surface area contributed by atoms with E-state index in [9.17, 15) is 8.78 Å². The van der Waals surface area contributed by atoms with Crippen LogP contribution in [0.5, 0.6) is 23.0 Å². The Balaban J connectivity index is 1.83. The number of benzene rings is 3. The van der Waals surface area contributed by atoms with Crippen LogP contribution in [-0.2, 0) is 0 Å². The van der Waals surface area contributed by atoms with Gasteiger partial charge in [-0.1, -0.05) is 24.3 Å². The van der Waals surface area contributed by atoms with Crippen molar-refractivity contribution in [1.82, 2.24) is 0 Å². The van der Waals surface area contributed by atoms with Crippen molar-refractivity contribution in [2.24, 2.45) is 0 Å². The number of para-hydroxylation sites is 1. The van der Waals surface area contributed by atoms with Crippen LogP contribution in [0.4, 0.5) is 8.78 Å². The number of hydrogen-bond donors (Lipinski definition) is 0. The van der Waals surface area contributed by atoms with Gasteiger partial charge >= 0.3 is 0 Å². The Morgan fingerprint density at radius 2 is 1.22 bits per heavy atom. The van der Waals surface area contributed by atoms with Crippen LogP contribution in [0.15, 0.2) is 66.7 Å². The summed E-state index contributed by atoms with van der Waals surface area (Å²) in [7, 11) is 0. The summed E-state index contributed by atoms with van der Waals surface area (Å²) in [6.07, 6.45) is 0. The predicted molar refractivity (Wildman–Crippen MR) is 92.1 cm³/mol. The first kappa shape index (κ1) is 15.7. The molecular formula is C18H11F2IO2. The molecule has 0 aromatic heterocycles. The first-order chi connectivity index (χ1) is 11.1. The lowest BCUT2D eigenvalue weighted by Crippen LogP contribution is -1.94. The Labute approximate surface area is 145 Å². The van der Waals surface area contributed by atoms with E-state index in [0.29, 0.717) is 15.1 Å². The highest BCUT2D eigenvalue weighted by Crippen LogP contribution is 2.32. The lowest BCUT2D eigenvalue weighted by atomic mass is 10.3. The van der Waals surface area contributed by atoms with Crippen LogP contribution in [-0.4, -0.2) is 0 Å². The Kier molecular flexibility index (Phi) is 4.76. The van der Waals surface area contributed by atoms with E-state index in [4.69, 9.17) is 9.47 Å². The summed E-state index contributed by atoms with van der Waals surface area (Å²) in [6.45, 7) is 0. The van der Waals surface area contributed by atoms with Crippen LogP contribution in [0, 0.1) is 15.2 Å². The Hall–Kier alpha value is -2.15. The highest BCUT2D eigenvalue weighted by molar-refractivity contribution is 14.1. The van der Waals surface area contributed by atoms with Crippen LogP contribution in [0.1, 0.15) is 0 Å². The van der Waals surface area contributed by atoms with Crippen molar-refractivity contribution < 1.29 is 18.3 Å². The van der Waals surface area contributed by atoms with Crippen LogP contribution in [0.3, 0.4) is 0 Å². The molecule has 3 rings (SSSR count). The molecule has 0 amide bonds. The topological polar surface area (TPSA) is 18.5 Å². The van der Waals surface area contributed by atoms with Crippen molar-refractivity contribution in [3.05, 3.63) is 81.9 Å². The molecule has 0 saturated carbocycles. The second-order valence-corrected chi connectivity index (χ2v) is 5.94. The zero-order valence-corrected chi connectivity index (χ0v) is 14.0. The van der Waals surface area contributed by atoms with Gasteiger partial charge in [0.25, 0.3) is 0 Å². The van der Waals surface area contributed by atoms with Crippen LogP contribution in [0.25, 0.3) is 0 Å². The van der Waals surface area contributed by atoms with Gasteiger partial charge in [-0.3, -0.25) is 0 Å². The molecule has 3 aromatic carbocycles. The Morgan fingerprint density at radius 3 is 1.87 bits per heavy atom. The third-order valence-electron chi connectivity index (χ3n) is 2.97. The van der Waals surface area contributed by atoms with Crippen LogP contribution in [0.2, 0.25) is 0 Å². The quantitative estimate of drug-likeness (QED) is 0.468. The van der Waals surface area contributed by atoms with Crippen LogP contribution >= 0.6 is 22.6 Å². The van der Waals surface area contributed by atoms with Gasteiger partial charge in [0, 0.05) is 9.64 Å². The molecule has 0 radical (unpaired) electrons. The van der Waals surface area contributed by atoms with E-state index in [1.807, 2.05) is 52.9 Å². The van der Waals surface area contributed by atoms with Crippen molar-refractivity contribution in [3.8, 4) is 23.0 Å². The van der Waals surface area contributed by atoms with E-state index in [1.165, 1.54) is 12.1 Å². The average Bonchev–Trinajstić information content (AvgIpc) is 2.52. The summed E-state index contributed by atoms with van der Waals surface area (Å²) in [4.78, 5) is 0. The fraction of sp³-hybridized carbons (Fsp3) is 0. The molecular weight excluding hydrogens is 413 g/mol. The van der Waals surface area contributed by atoms with E-state index < -0.39 is 17.4 Å². The minimum Gasteiger partial charge on any atom is -0.457 e. The number of hydrogen-bond acceptors (Lipinski definition) is 2. The van der Waals surface area contributed by atoms with E-state index in [2.05, 4.69) is 0 Å². The van der Waals surface area contributed by atoms with Gasteiger partial charge in [0.2, 0.25) is 0 Å². The van der Waals surface area contributed by atoms with E-state index >= 15 is 0 Å². The molecule has 0 fully saturated rings. The lowest BCUT2D eigenvalue weighted by Gasteiger charge is -2.10. The summed E-state index contributed by atoms with van der Waals surface area (Å²) in [5, 5.41) is 0. The maximum absolute atomic E-state index is 13.8. The normalized spacial score (nSPS) is 10.4. The minimum absolute atomic E-state index is 0.289. The minimum atomic E-state index is -0.746. The molecule has 0 spiro atoms. The molecule has 0 atom stereocenters. The second-order valence-electron chi connectivity index (χ2n) is 4.69. The monoisotopic (exact) mass is 424 g/mol. The fourth-order valence-corrected chi connectivity index (χ4v) is 2.52. The molecule has 0 bridgehead atoms. The Bertz CT molecular complexity index is 799. The summed E-state index contributed by atoms with van der Waals surface area (Å²) in [5.74, 6) is -0.455. The van der Waals surface area contributed by atoms with Gasteiger partial charge in [-0.25, -0.2) is 8.78 Å². The van der Waals surface area contributed by atoms with Crippen molar-refractivity contribution in [3.63, 3.8) is 0 Å². The maximum Gasteiger partial charge on any atom is 0.198 e. The van der Waals surface area contributed by atoms with Gasteiger partial charge in [0.15, 0.2) is 17.4 Å². The predicted octanol–water partition coefficient (Wildman–Crippen LogP) is 6.15. The molecule has 0 heterocycles. The van der Waals surface area contributed by atoms with Crippen molar-refractivity contribution in [2.75, 3.05) is 0 Å². The van der Waals surface area contributed by atoms with Gasteiger partial charge in [0.1, 0.15) is 17.2 Å². The number of halogens is 3. The second kappa shape index (κ2) is 6.95. The molecule has 23 heavy (non-hydrogen) atoms. The SMILES string of the molecule is Fc1cc(I)cc(F)c1Oc1cccc(Oc2ccccc2)c1. The molecule has 0 N–H and O–H groups in total. The zero-order valence-electron chi connectivity index (χ0n) is 11.8. The van der Waals surface area contributed by atoms with Crippen molar-refractivity contribution in [2.45, 2.75) is 0 Å². The highest BCUT2D eigenvalue weighted by atomic mass is 127. The van der Waals surface area contributed by atoms with Gasteiger partial charge in [0.05, 0.1) is 0 Å². The van der Waals surface area contributed by atoms with Gasteiger partial charge in [-0.05, 0) is 59.0 Å². The third-order valence-corrected chi connectivity index (χ3v) is 3.59. The summed E-state index contributed by atoms with van der Waals surface area (Å²) in [5.41, 5.74) is 0. The number of rotatable bonds is 4. The van der Waals surface area contributed by atoms with Gasteiger partial charge < -0.3 is 9.47 Å². The summed E-state index contributed by atoms with van der Waals surface area (Å²) < 4.78 is 39.2. The highest BCUT2D eigenvalue weighted by Gasteiger charge is 2.13. The fourth-order valence-electron chi connectivity index (χ4n) is 1.97.